The summed E-state index contributed by atoms with van der Waals surface area (Å²) in [6, 6.07) is 2.06. The van der Waals surface area contributed by atoms with Gasteiger partial charge in [0.1, 0.15) is 0 Å². The van der Waals surface area contributed by atoms with Crippen molar-refractivity contribution >= 4 is 32.2 Å². The first-order valence-electron chi connectivity index (χ1n) is 3.63. The molecule has 2 nitrogen and oxygen atoms in total. The normalized spacial score (nSPS) is 9.75. The summed E-state index contributed by atoms with van der Waals surface area (Å²) in [7, 11) is 0. The van der Waals surface area contributed by atoms with Crippen LogP contribution in [0.2, 0.25) is 0 Å². The van der Waals surface area contributed by atoms with Gasteiger partial charge in [-0.05, 0) is 0 Å². The molecule has 0 N–H and O–H groups in total. The molecule has 1 aromatic rings. The van der Waals surface area contributed by atoms with Crippen LogP contribution in [0.1, 0.15) is 6.92 Å². The molecule has 0 fully saturated rings. The molecule has 1 aromatic heterocycles. The average molecular weight is 249 g/mol. The van der Waals surface area contributed by atoms with Crippen molar-refractivity contribution in [1.82, 2.24) is 0 Å². The monoisotopic (exact) mass is 250 g/mol. The molecule has 1 rings (SSSR count). The number of carbonyl (C=O) groups is 1. The van der Waals surface area contributed by atoms with Crippen molar-refractivity contribution in [2.45, 2.75) is 11.8 Å². The Morgan fingerprint density at radius 2 is 2.58 bits per heavy atom. The van der Waals surface area contributed by atoms with E-state index < -0.39 is 0 Å². The van der Waals surface area contributed by atoms with Gasteiger partial charge in [0, 0.05) is 0 Å². The summed E-state index contributed by atoms with van der Waals surface area (Å²) in [6.07, 6.45) is 0. The minimum atomic E-state index is -0.129. The van der Waals surface area contributed by atoms with Crippen LogP contribution in [-0.2, 0) is 9.53 Å². The fourth-order valence-electron chi connectivity index (χ4n) is 0.679. The molecule has 0 unspecified atom stereocenters. The van der Waals surface area contributed by atoms with Gasteiger partial charge < -0.3 is 0 Å². The van der Waals surface area contributed by atoms with Gasteiger partial charge in [0.15, 0.2) is 0 Å². The molecule has 66 valence electrons. The second-order valence-electron chi connectivity index (χ2n) is 2.05. The number of hydrogen-bond acceptors (Lipinski definition) is 3. The van der Waals surface area contributed by atoms with Crippen molar-refractivity contribution in [3.8, 4) is 0 Å². The molecule has 0 saturated carbocycles. The summed E-state index contributed by atoms with van der Waals surface area (Å²) in [5.74, 6) is 0.302. The first-order chi connectivity index (χ1) is 5.83. The van der Waals surface area contributed by atoms with E-state index in [1.807, 2.05) is 6.92 Å². The Kier molecular flexibility index (Phi) is 4.51. The Morgan fingerprint density at radius 1 is 1.75 bits per heavy atom. The zero-order valence-corrected chi connectivity index (χ0v) is 9.31. The van der Waals surface area contributed by atoms with Gasteiger partial charge in [-0.15, -0.1) is 0 Å². The fourth-order valence-corrected chi connectivity index (χ4v) is 3.27. The second kappa shape index (κ2) is 5.46. The van der Waals surface area contributed by atoms with Crippen molar-refractivity contribution in [2.75, 3.05) is 12.4 Å². The van der Waals surface area contributed by atoms with Crippen LogP contribution in [0.15, 0.2) is 20.8 Å². The zero-order chi connectivity index (χ0) is 8.81. The predicted octanol–water partition coefficient (Wildman–Crippen LogP) is 1.40. The molecule has 12 heavy (non-hydrogen) atoms. The maximum absolute atomic E-state index is 10.9. The van der Waals surface area contributed by atoms with Crippen LogP contribution >= 0.6 is 11.8 Å². The van der Waals surface area contributed by atoms with E-state index in [4.69, 9.17) is 4.74 Å². The molecule has 0 amide bonds. The van der Waals surface area contributed by atoms with Crippen LogP contribution in [0, 0.1) is 0 Å². The number of esters is 1. The van der Waals surface area contributed by atoms with Crippen LogP contribution in [-0.4, -0.2) is 32.8 Å². The van der Waals surface area contributed by atoms with Gasteiger partial charge in [0.25, 0.3) is 0 Å². The van der Waals surface area contributed by atoms with E-state index in [1.165, 1.54) is 4.90 Å². The van der Waals surface area contributed by atoms with Gasteiger partial charge in [-0.2, -0.15) is 0 Å². The van der Waals surface area contributed by atoms with Gasteiger partial charge in [-0.3, -0.25) is 0 Å². The number of ether oxygens (including phenoxy) is 1. The molecule has 0 bridgehead atoms. The van der Waals surface area contributed by atoms with E-state index in [1.54, 1.807) is 11.8 Å². The third-order valence-corrected chi connectivity index (χ3v) is 3.89. The Balaban J connectivity index is 2.22. The van der Waals surface area contributed by atoms with Gasteiger partial charge in [0.05, 0.1) is 0 Å². The van der Waals surface area contributed by atoms with Crippen molar-refractivity contribution in [3.63, 3.8) is 0 Å². The molecule has 0 aliphatic heterocycles. The van der Waals surface area contributed by atoms with E-state index in [9.17, 15) is 4.79 Å². The van der Waals surface area contributed by atoms with E-state index in [-0.39, 0.29) is 5.97 Å². The van der Waals surface area contributed by atoms with Crippen LogP contribution in [0.5, 0.6) is 0 Å². The summed E-state index contributed by atoms with van der Waals surface area (Å²) < 4.78 is 4.80. The summed E-state index contributed by atoms with van der Waals surface area (Å²) in [5.41, 5.74) is 0. The van der Waals surface area contributed by atoms with Gasteiger partial charge >= 0.3 is 81.9 Å². The Hall–Kier alpha value is -0.181. The summed E-state index contributed by atoms with van der Waals surface area (Å²) in [4.78, 5) is 16.4. The van der Waals surface area contributed by atoms with E-state index in [0.717, 1.165) is 0 Å². The quantitative estimate of drug-likeness (QED) is 0.458. The molecule has 1 heterocycles. The predicted molar refractivity (Wildman–Crippen MR) is 50.7 cm³/mol. The zero-order valence-electron chi connectivity index (χ0n) is 6.78. The van der Waals surface area contributed by atoms with Crippen molar-refractivity contribution in [3.05, 3.63) is 15.9 Å². The molecule has 0 aromatic carbocycles. The molecule has 4 heteroatoms. The molecule has 0 aliphatic rings. The Labute approximate surface area is 82.0 Å². The molecule has 0 atom stereocenters. The molecule has 0 aliphatic carbocycles. The van der Waals surface area contributed by atoms with E-state index in [0.29, 0.717) is 26.9 Å². The molecule has 0 radical (unpaired) electrons. The SMILES string of the molecule is CCOC(=O)CSc1cc[se]c1. The third-order valence-electron chi connectivity index (χ3n) is 1.16. The standard InChI is InChI=1S/C8H10O2SSe/c1-2-10-8(9)5-11-7-3-4-12-6-7/h3-4,6H,2,5H2,1H3. The van der Waals surface area contributed by atoms with Gasteiger partial charge in [-0.25, -0.2) is 0 Å². The number of thioether (sulfide) groups is 1. The van der Waals surface area contributed by atoms with Crippen LogP contribution < -0.4 is 0 Å². The van der Waals surface area contributed by atoms with Crippen LogP contribution in [0.25, 0.3) is 0 Å². The summed E-state index contributed by atoms with van der Waals surface area (Å²) >= 11 is 2.06. The minimum absolute atomic E-state index is 0.129. The maximum atomic E-state index is 10.9. The van der Waals surface area contributed by atoms with E-state index >= 15 is 0 Å². The van der Waals surface area contributed by atoms with Crippen LogP contribution in [0.4, 0.5) is 0 Å². The second-order valence-corrected chi connectivity index (χ2v) is 4.74. The Bertz CT molecular complexity index is 233. The van der Waals surface area contributed by atoms with Crippen molar-refractivity contribution in [2.24, 2.45) is 0 Å². The van der Waals surface area contributed by atoms with Crippen LogP contribution in [0.3, 0.4) is 0 Å². The first kappa shape index (κ1) is 9.90. The third kappa shape index (κ3) is 3.48. The molecule has 0 spiro atoms. The topological polar surface area (TPSA) is 26.3 Å². The van der Waals surface area contributed by atoms with E-state index in [2.05, 4.69) is 15.9 Å². The number of rotatable bonds is 4. The van der Waals surface area contributed by atoms with Gasteiger partial charge in [-0.1, -0.05) is 0 Å². The Morgan fingerprint density at radius 3 is 3.17 bits per heavy atom. The summed E-state index contributed by atoms with van der Waals surface area (Å²) in [5, 5.41) is 0. The van der Waals surface area contributed by atoms with Crippen molar-refractivity contribution < 1.29 is 9.53 Å². The molecular formula is C8H10O2SSe. The van der Waals surface area contributed by atoms with Crippen molar-refractivity contribution in [1.29, 1.82) is 0 Å². The first-order valence-corrected chi connectivity index (χ1v) is 6.60. The molecular weight excluding hydrogens is 239 g/mol. The number of carbonyl (C=O) groups excluding carboxylic acids is 1. The molecule has 0 saturated heterocycles. The summed E-state index contributed by atoms with van der Waals surface area (Å²) in [6.45, 7) is 2.29. The number of hydrogen-bond donors (Lipinski definition) is 0. The van der Waals surface area contributed by atoms with Gasteiger partial charge in [0.2, 0.25) is 0 Å². The fraction of sp³-hybridized carbons (Fsp3) is 0.375. The average Bonchev–Trinajstić information content (AvgIpc) is 2.53.